The lowest BCUT2D eigenvalue weighted by Gasteiger charge is -2.31. The Morgan fingerprint density at radius 2 is 1.95 bits per heavy atom. The van der Waals surface area contributed by atoms with E-state index in [1.165, 1.54) is 19.3 Å². The molecule has 0 aliphatic carbocycles. The van der Waals surface area contributed by atoms with Crippen molar-refractivity contribution in [2.75, 3.05) is 6.61 Å². The van der Waals surface area contributed by atoms with E-state index in [4.69, 9.17) is 14.2 Å². The molecule has 0 radical (unpaired) electrons. The summed E-state index contributed by atoms with van der Waals surface area (Å²) >= 11 is 0. The van der Waals surface area contributed by atoms with Gasteiger partial charge in [0.05, 0.1) is 6.61 Å². The van der Waals surface area contributed by atoms with Gasteiger partial charge in [-0.25, -0.2) is 4.79 Å². The van der Waals surface area contributed by atoms with Gasteiger partial charge in [-0.2, -0.15) is 0 Å². The van der Waals surface area contributed by atoms with E-state index >= 15 is 0 Å². The lowest BCUT2D eigenvalue weighted by Crippen LogP contribution is -2.38. The summed E-state index contributed by atoms with van der Waals surface area (Å²) in [6.45, 7) is 6.27. The molecular formula is C16H22O4. The Morgan fingerprint density at radius 1 is 1.15 bits per heavy atom. The molecule has 0 saturated carbocycles. The third-order valence-electron chi connectivity index (χ3n) is 3.13. The van der Waals surface area contributed by atoms with Crippen molar-refractivity contribution in [1.29, 1.82) is 0 Å². The highest BCUT2D eigenvalue weighted by molar-refractivity contribution is 5.94. The number of hydrogen-bond donors (Lipinski definition) is 0. The van der Waals surface area contributed by atoms with Crippen LogP contribution in [0, 0.1) is 0 Å². The summed E-state index contributed by atoms with van der Waals surface area (Å²) in [4.78, 5) is 11.9. The van der Waals surface area contributed by atoms with Gasteiger partial charge in [-0.1, -0.05) is 26.2 Å². The maximum Gasteiger partial charge on any atom is 0.345 e. The van der Waals surface area contributed by atoms with Gasteiger partial charge in [-0.05, 0) is 24.6 Å². The van der Waals surface area contributed by atoms with Crippen LogP contribution in [-0.2, 0) is 4.74 Å². The summed E-state index contributed by atoms with van der Waals surface area (Å²) in [6.07, 6.45) is 4.63. The second-order valence-electron chi connectivity index (χ2n) is 5.46. The predicted molar refractivity (Wildman–Crippen MR) is 76.2 cm³/mol. The van der Waals surface area contributed by atoms with E-state index in [1.807, 2.05) is 6.07 Å². The lowest BCUT2D eigenvalue weighted by atomic mass is 10.1. The van der Waals surface area contributed by atoms with Crippen LogP contribution in [0.2, 0.25) is 0 Å². The van der Waals surface area contributed by atoms with Crippen LogP contribution in [-0.4, -0.2) is 18.4 Å². The van der Waals surface area contributed by atoms with Crippen molar-refractivity contribution < 1.29 is 19.0 Å². The Kier molecular flexibility index (Phi) is 4.53. The van der Waals surface area contributed by atoms with Gasteiger partial charge in [0.2, 0.25) is 5.79 Å². The van der Waals surface area contributed by atoms with Gasteiger partial charge in [0.1, 0.15) is 17.1 Å². The van der Waals surface area contributed by atoms with Gasteiger partial charge in [-0.15, -0.1) is 0 Å². The number of esters is 1. The van der Waals surface area contributed by atoms with E-state index in [2.05, 4.69) is 6.92 Å². The van der Waals surface area contributed by atoms with Gasteiger partial charge >= 0.3 is 5.97 Å². The smallest absolute Gasteiger partial charge is 0.345 e. The average Bonchev–Trinajstić information content (AvgIpc) is 2.38. The second-order valence-corrected chi connectivity index (χ2v) is 5.46. The van der Waals surface area contributed by atoms with Crippen molar-refractivity contribution in [2.45, 2.75) is 52.2 Å². The molecular weight excluding hydrogens is 256 g/mol. The van der Waals surface area contributed by atoms with Gasteiger partial charge in [0.25, 0.3) is 0 Å². The first-order chi connectivity index (χ1) is 9.52. The van der Waals surface area contributed by atoms with Crippen molar-refractivity contribution in [1.82, 2.24) is 0 Å². The van der Waals surface area contributed by atoms with E-state index in [9.17, 15) is 4.79 Å². The van der Waals surface area contributed by atoms with Gasteiger partial charge < -0.3 is 14.2 Å². The zero-order valence-corrected chi connectivity index (χ0v) is 12.4. The van der Waals surface area contributed by atoms with Crippen molar-refractivity contribution >= 4 is 5.97 Å². The van der Waals surface area contributed by atoms with Crippen molar-refractivity contribution in [3.05, 3.63) is 23.8 Å². The van der Waals surface area contributed by atoms with Crippen LogP contribution >= 0.6 is 0 Å². The largest absolute Gasteiger partial charge is 0.494 e. The maximum atomic E-state index is 11.9. The number of hydrogen-bond acceptors (Lipinski definition) is 4. The number of rotatable bonds is 6. The first kappa shape index (κ1) is 14.7. The molecule has 20 heavy (non-hydrogen) atoms. The summed E-state index contributed by atoms with van der Waals surface area (Å²) in [5.74, 6) is -0.0511. The summed E-state index contributed by atoms with van der Waals surface area (Å²) in [7, 11) is 0. The number of unbranched alkanes of at least 4 members (excludes halogenated alkanes) is 3. The first-order valence-corrected chi connectivity index (χ1v) is 7.21. The molecule has 0 spiro atoms. The molecule has 0 fully saturated rings. The molecule has 1 aliphatic rings. The van der Waals surface area contributed by atoms with Crippen LogP contribution in [0.25, 0.3) is 0 Å². The average molecular weight is 278 g/mol. The van der Waals surface area contributed by atoms with E-state index < -0.39 is 5.79 Å². The predicted octanol–water partition coefficient (Wildman–Crippen LogP) is 3.93. The number of fused-ring (bicyclic) bond motifs is 1. The Hall–Kier alpha value is -1.71. The molecule has 0 atom stereocenters. The molecule has 110 valence electrons. The molecule has 0 aromatic heterocycles. The summed E-state index contributed by atoms with van der Waals surface area (Å²) in [5, 5.41) is 0. The zero-order chi connectivity index (χ0) is 14.6. The second kappa shape index (κ2) is 6.16. The maximum absolute atomic E-state index is 11.9. The zero-order valence-electron chi connectivity index (χ0n) is 12.4. The molecule has 4 heteroatoms. The van der Waals surface area contributed by atoms with Crippen molar-refractivity contribution in [3.8, 4) is 11.5 Å². The molecule has 1 aromatic rings. The van der Waals surface area contributed by atoms with Crippen LogP contribution in [0.5, 0.6) is 11.5 Å². The molecule has 0 saturated heterocycles. The van der Waals surface area contributed by atoms with Crippen LogP contribution in [0.3, 0.4) is 0 Å². The minimum absolute atomic E-state index is 0.368. The molecule has 2 rings (SSSR count). The Morgan fingerprint density at radius 3 is 2.70 bits per heavy atom. The standard InChI is InChI=1S/C16H22O4/c1-4-5-6-7-10-18-12-8-9-14-13(11-12)15(17)20-16(2,3)19-14/h8-9,11H,4-7,10H2,1-3H3. The topological polar surface area (TPSA) is 44.8 Å². The van der Waals surface area contributed by atoms with E-state index in [-0.39, 0.29) is 5.97 Å². The minimum Gasteiger partial charge on any atom is -0.494 e. The van der Waals surface area contributed by atoms with Crippen LogP contribution < -0.4 is 9.47 Å². The highest BCUT2D eigenvalue weighted by Crippen LogP contribution is 2.33. The molecule has 1 heterocycles. The third-order valence-corrected chi connectivity index (χ3v) is 3.13. The molecule has 0 N–H and O–H groups in total. The summed E-state index contributed by atoms with van der Waals surface area (Å²) in [6, 6.07) is 5.28. The molecule has 0 amide bonds. The SMILES string of the molecule is CCCCCCOc1ccc2c(c1)C(=O)OC(C)(C)O2. The van der Waals surface area contributed by atoms with Crippen molar-refractivity contribution in [3.63, 3.8) is 0 Å². The fraction of sp³-hybridized carbons (Fsp3) is 0.562. The van der Waals surface area contributed by atoms with Crippen molar-refractivity contribution in [2.24, 2.45) is 0 Å². The summed E-state index contributed by atoms with van der Waals surface area (Å²) < 4.78 is 16.5. The van der Waals surface area contributed by atoms with Crippen LogP contribution in [0.1, 0.15) is 56.8 Å². The van der Waals surface area contributed by atoms with Gasteiger partial charge in [0.15, 0.2) is 0 Å². The van der Waals surface area contributed by atoms with E-state index in [0.29, 0.717) is 23.7 Å². The number of ether oxygens (including phenoxy) is 3. The number of carbonyl (C=O) groups is 1. The summed E-state index contributed by atoms with van der Waals surface area (Å²) in [5.41, 5.74) is 0.426. The highest BCUT2D eigenvalue weighted by Gasteiger charge is 2.33. The number of carbonyl (C=O) groups excluding carboxylic acids is 1. The number of cyclic esters (lactones) is 1. The van der Waals surface area contributed by atoms with E-state index in [0.717, 1.165) is 6.42 Å². The van der Waals surface area contributed by atoms with Crippen LogP contribution in [0.15, 0.2) is 18.2 Å². The quantitative estimate of drug-likeness (QED) is 0.584. The van der Waals surface area contributed by atoms with Crippen LogP contribution in [0.4, 0.5) is 0 Å². The lowest BCUT2D eigenvalue weighted by molar-refractivity contribution is -0.127. The monoisotopic (exact) mass is 278 g/mol. The number of benzene rings is 1. The van der Waals surface area contributed by atoms with Gasteiger partial charge in [0, 0.05) is 13.8 Å². The normalized spacial score (nSPS) is 16.1. The molecule has 4 nitrogen and oxygen atoms in total. The molecule has 0 unspecified atom stereocenters. The minimum atomic E-state index is -0.910. The molecule has 0 bridgehead atoms. The fourth-order valence-electron chi connectivity index (χ4n) is 2.13. The molecule has 1 aromatic carbocycles. The Balaban J connectivity index is 1.98. The highest BCUT2D eigenvalue weighted by atomic mass is 16.7. The molecule has 1 aliphatic heterocycles. The third kappa shape index (κ3) is 3.65. The van der Waals surface area contributed by atoms with E-state index in [1.54, 1.807) is 26.0 Å². The Bertz CT molecular complexity index is 479. The van der Waals surface area contributed by atoms with Gasteiger partial charge in [-0.3, -0.25) is 0 Å². The Labute approximate surface area is 120 Å². The fourth-order valence-corrected chi connectivity index (χ4v) is 2.13. The first-order valence-electron chi connectivity index (χ1n) is 7.21.